The molecule has 2 heterocycles. The maximum atomic E-state index is 12.3. The highest BCUT2D eigenvalue weighted by Gasteiger charge is 2.26. The molecule has 0 amide bonds. The molecule has 19 heavy (non-hydrogen) atoms. The van der Waals surface area contributed by atoms with Crippen LogP contribution in [0.4, 0.5) is 5.82 Å². The molecule has 0 radical (unpaired) electrons. The molecule has 1 aromatic heterocycles. The third kappa shape index (κ3) is 3.43. The number of anilines is 1. The van der Waals surface area contributed by atoms with Crippen molar-refractivity contribution in [1.29, 1.82) is 0 Å². The number of nitrogens with one attached hydrogen (secondary N) is 1. The minimum absolute atomic E-state index is 0.226. The van der Waals surface area contributed by atoms with Gasteiger partial charge in [-0.2, -0.15) is 4.31 Å². The average Bonchev–Trinajstić information content (AvgIpc) is 2.40. The zero-order valence-electron chi connectivity index (χ0n) is 11.2. The van der Waals surface area contributed by atoms with Gasteiger partial charge in [0.05, 0.1) is 13.2 Å². The molecule has 7 heteroatoms. The smallest absolute Gasteiger partial charge is 0.244 e. The van der Waals surface area contributed by atoms with Crippen molar-refractivity contribution < 1.29 is 13.2 Å². The van der Waals surface area contributed by atoms with E-state index in [0.717, 1.165) is 0 Å². The van der Waals surface area contributed by atoms with Crippen molar-refractivity contribution in [3.05, 3.63) is 18.3 Å². The second kappa shape index (κ2) is 5.85. The quantitative estimate of drug-likeness (QED) is 0.891. The van der Waals surface area contributed by atoms with E-state index in [-0.39, 0.29) is 10.9 Å². The van der Waals surface area contributed by atoms with Crippen LogP contribution in [-0.4, -0.2) is 50.1 Å². The van der Waals surface area contributed by atoms with Crippen LogP contribution in [0.5, 0.6) is 0 Å². The number of sulfonamides is 1. The van der Waals surface area contributed by atoms with E-state index in [1.54, 1.807) is 12.1 Å². The third-order valence-corrected chi connectivity index (χ3v) is 4.66. The topological polar surface area (TPSA) is 71.5 Å². The summed E-state index contributed by atoms with van der Waals surface area (Å²) >= 11 is 0. The first kappa shape index (κ1) is 14.2. The lowest BCUT2D eigenvalue weighted by Crippen LogP contribution is -2.40. The number of pyridine rings is 1. The summed E-state index contributed by atoms with van der Waals surface area (Å²) in [5, 5.41) is 3.12. The number of hydrogen-bond acceptors (Lipinski definition) is 5. The number of ether oxygens (including phenoxy) is 1. The van der Waals surface area contributed by atoms with Gasteiger partial charge in [-0.3, -0.25) is 0 Å². The van der Waals surface area contributed by atoms with Crippen molar-refractivity contribution in [2.24, 2.45) is 0 Å². The van der Waals surface area contributed by atoms with Crippen LogP contribution >= 0.6 is 0 Å². The Kier molecular flexibility index (Phi) is 4.38. The van der Waals surface area contributed by atoms with Gasteiger partial charge < -0.3 is 10.1 Å². The highest BCUT2D eigenvalue weighted by atomic mass is 32.2. The Bertz CT molecular complexity index is 508. The fourth-order valence-corrected chi connectivity index (χ4v) is 3.20. The van der Waals surface area contributed by atoms with E-state index in [1.165, 1.54) is 10.5 Å². The van der Waals surface area contributed by atoms with Crippen molar-refractivity contribution >= 4 is 15.8 Å². The van der Waals surface area contributed by atoms with Crippen molar-refractivity contribution in [3.63, 3.8) is 0 Å². The van der Waals surface area contributed by atoms with Crippen molar-refractivity contribution in [3.8, 4) is 0 Å². The summed E-state index contributed by atoms with van der Waals surface area (Å²) in [6, 6.07) is 3.53. The zero-order valence-corrected chi connectivity index (χ0v) is 12.0. The summed E-state index contributed by atoms with van der Waals surface area (Å²) in [6.07, 6.45) is 1.40. The lowest BCUT2D eigenvalue weighted by atomic mass is 10.4. The Morgan fingerprint density at radius 1 is 1.32 bits per heavy atom. The summed E-state index contributed by atoms with van der Waals surface area (Å²) in [6.45, 7) is 5.68. The van der Waals surface area contributed by atoms with Gasteiger partial charge >= 0.3 is 0 Å². The predicted molar refractivity (Wildman–Crippen MR) is 72.6 cm³/mol. The first-order valence-electron chi connectivity index (χ1n) is 6.30. The Morgan fingerprint density at radius 2 is 2.00 bits per heavy atom. The number of rotatable bonds is 4. The molecule has 0 saturated carbocycles. The van der Waals surface area contributed by atoms with Gasteiger partial charge in [0.15, 0.2) is 0 Å². The van der Waals surface area contributed by atoms with Gasteiger partial charge in [-0.1, -0.05) is 0 Å². The van der Waals surface area contributed by atoms with Crippen LogP contribution in [0.3, 0.4) is 0 Å². The zero-order chi connectivity index (χ0) is 13.9. The summed E-state index contributed by atoms with van der Waals surface area (Å²) in [5.41, 5.74) is 0. The molecule has 106 valence electrons. The van der Waals surface area contributed by atoms with E-state index < -0.39 is 10.0 Å². The molecule has 1 N–H and O–H groups in total. The molecule has 1 aliphatic heterocycles. The fourth-order valence-electron chi connectivity index (χ4n) is 1.85. The monoisotopic (exact) mass is 285 g/mol. The molecule has 0 spiro atoms. The molecule has 1 aromatic rings. The fraction of sp³-hybridized carbons (Fsp3) is 0.583. The Hall–Kier alpha value is -1.18. The van der Waals surface area contributed by atoms with E-state index >= 15 is 0 Å². The van der Waals surface area contributed by atoms with Crippen molar-refractivity contribution in [2.45, 2.75) is 24.8 Å². The molecule has 0 aliphatic carbocycles. The summed E-state index contributed by atoms with van der Waals surface area (Å²) in [5.74, 6) is 0.677. The second-order valence-corrected chi connectivity index (χ2v) is 6.63. The lowest BCUT2D eigenvalue weighted by molar-refractivity contribution is 0.0730. The van der Waals surface area contributed by atoms with E-state index in [0.29, 0.717) is 32.1 Å². The number of aromatic nitrogens is 1. The van der Waals surface area contributed by atoms with Gasteiger partial charge in [0.1, 0.15) is 10.7 Å². The first-order valence-corrected chi connectivity index (χ1v) is 7.74. The van der Waals surface area contributed by atoms with E-state index in [2.05, 4.69) is 10.3 Å². The Balaban J connectivity index is 2.16. The minimum Gasteiger partial charge on any atom is -0.379 e. The number of morpholine rings is 1. The predicted octanol–water partition coefficient (Wildman–Crippen LogP) is 0.923. The van der Waals surface area contributed by atoms with Crippen molar-refractivity contribution in [2.75, 3.05) is 31.6 Å². The standard InChI is InChI=1S/C12H19N3O3S/c1-10(2)14-12-4-3-11(9-13-12)19(16,17)15-5-7-18-8-6-15/h3-4,9-10H,5-8H2,1-2H3,(H,13,14). The number of nitrogens with zero attached hydrogens (tertiary/aromatic N) is 2. The first-order chi connectivity index (χ1) is 9.00. The summed E-state index contributed by atoms with van der Waals surface area (Å²) in [7, 11) is -3.44. The minimum atomic E-state index is -3.44. The van der Waals surface area contributed by atoms with Crippen LogP contribution in [0.15, 0.2) is 23.2 Å². The van der Waals surface area contributed by atoms with Crippen LogP contribution < -0.4 is 5.32 Å². The van der Waals surface area contributed by atoms with Crippen molar-refractivity contribution in [1.82, 2.24) is 9.29 Å². The molecule has 1 fully saturated rings. The molecule has 1 aliphatic rings. The SMILES string of the molecule is CC(C)Nc1ccc(S(=O)(=O)N2CCOCC2)cn1. The largest absolute Gasteiger partial charge is 0.379 e. The molecule has 0 unspecified atom stereocenters. The molecule has 2 rings (SSSR count). The highest BCUT2D eigenvalue weighted by Crippen LogP contribution is 2.17. The molecule has 0 atom stereocenters. The van der Waals surface area contributed by atoms with Gasteiger partial charge in [-0.15, -0.1) is 0 Å². The molecule has 6 nitrogen and oxygen atoms in total. The van der Waals surface area contributed by atoms with Gasteiger partial charge in [0, 0.05) is 25.3 Å². The lowest BCUT2D eigenvalue weighted by Gasteiger charge is -2.25. The second-order valence-electron chi connectivity index (χ2n) is 4.69. The third-order valence-electron chi connectivity index (χ3n) is 2.78. The maximum absolute atomic E-state index is 12.3. The van der Waals surface area contributed by atoms with Crippen LogP contribution in [0.1, 0.15) is 13.8 Å². The van der Waals surface area contributed by atoms with Gasteiger partial charge in [0.25, 0.3) is 0 Å². The van der Waals surface area contributed by atoms with Gasteiger partial charge in [-0.05, 0) is 26.0 Å². The molecule has 1 saturated heterocycles. The number of hydrogen-bond donors (Lipinski definition) is 1. The Labute approximate surface area is 113 Å². The molecule has 0 aromatic carbocycles. The van der Waals surface area contributed by atoms with E-state index in [4.69, 9.17) is 4.74 Å². The highest BCUT2D eigenvalue weighted by molar-refractivity contribution is 7.89. The molecular formula is C12H19N3O3S. The average molecular weight is 285 g/mol. The summed E-state index contributed by atoms with van der Waals surface area (Å²) < 4.78 is 31.3. The van der Waals surface area contributed by atoms with Crippen LogP contribution in [-0.2, 0) is 14.8 Å². The maximum Gasteiger partial charge on any atom is 0.244 e. The normalized spacial score (nSPS) is 17.6. The summed E-state index contributed by atoms with van der Waals surface area (Å²) in [4.78, 5) is 4.36. The van der Waals surface area contributed by atoms with E-state index in [1.807, 2.05) is 13.8 Å². The van der Waals surface area contributed by atoms with E-state index in [9.17, 15) is 8.42 Å². The van der Waals surface area contributed by atoms with Gasteiger partial charge in [0.2, 0.25) is 10.0 Å². The van der Waals surface area contributed by atoms with Gasteiger partial charge in [-0.25, -0.2) is 13.4 Å². The van der Waals surface area contributed by atoms with Crippen LogP contribution in [0.2, 0.25) is 0 Å². The van der Waals surface area contributed by atoms with Crippen LogP contribution in [0.25, 0.3) is 0 Å². The molecule has 0 bridgehead atoms. The molecular weight excluding hydrogens is 266 g/mol. The Morgan fingerprint density at radius 3 is 2.53 bits per heavy atom. The van der Waals surface area contributed by atoms with Crippen LogP contribution in [0, 0.1) is 0 Å².